The highest BCUT2D eigenvalue weighted by Gasteiger charge is 2.25. The number of hydrogen-bond donors (Lipinski definition) is 1. The summed E-state index contributed by atoms with van der Waals surface area (Å²) in [5.41, 5.74) is 1.65. The molecule has 1 aliphatic heterocycles. The van der Waals surface area contributed by atoms with E-state index in [0.717, 1.165) is 24.6 Å². The van der Waals surface area contributed by atoms with Gasteiger partial charge in [0.15, 0.2) is 0 Å². The normalized spacial score (nSPS) is 19.6. The Morgan fingerprint density at radius 1 is 1.50 bits per heavy atom. The molecule has 1 aromatic rings. The zero-order valence-corrected chi connectivity index (χ0v) is 11.1. The van der Waals surface area contributed by atoms with E-state index in [1.54, 1.807) is 0 Å². The van der Waals surface area contributed by atoms with E-state index in [4.69, 9.17) is 0 Å². The van der Waals surface area contributed by atoms with Gasteiger partial charge in [-0.15, -0.1) is 0 Å². The minimum atomic E-state index is 0.449. The quantitative estimate of drug-likeness (QED) is 0.881. The first-order valence-electron chi connectivity index (χ1n) is 6.55. The summed E-state index contributed by atoms with van der Waals surface area (Å²) in [6, 6.07) is 6.49. The number of piperidine rings is 1. The predicted octanol–water partition coefficient (Wildman–Crippen LogP) is 1.84. The molecule has 0 amide bonds. The van der Waals surface area contributed by atoms with Gasteiger partial charge >= 0.3 is 0 Å². The molecular formula is C14H20N4. The Hall–Kier alpha value is -1.60. The second kappa shape index (κ2) is 5.83. The van der Waals surface area contributed by atoms with Crippen LogP contribution < -0.4 is 10.2 Å². The van der Waals surface area contributed by atoms with Gasteiger partial charge in [-0.05, 0) is 45.4 Å². The van der Waals surface area contributed by atoms with Crippen LogP contribution in [0, 0.1) is 18.3 Å². The van der Waals surface area contributed by atoms with Crippen LogP contribution in [-0.2, 0) is 0 Å². The molecule has 2 rings (SSSR count). The second-order valence-electron chi connectivity index (χ2n) is 4.84. The molecule has 1 saturated heterocycles. The van der Waals surface area contributed by atoms with Crippen LogP contribution in [0.4, 0.5) is 5.82 Å². The molecule has 4 nitrogen and oxygen atoms in total. The van der Waals surface area contributed by atoms with Crippen molar-refractivity contribution >= 4 is 5.82 Å². The maximum Gasteiger partial charge on any atom is 0.147 e. The third kappa shape index (κ3) is 2.62. The molecule has 0 aliphatic carbocycles. The molecule has 1 aliphatic rings. The van der Waals surface area contributed by atoms with Crippen LogP contribution in [0.3, 0.4) is 0 Å². The van der Waals surface area contributed by atoms with Crippen molar-refractivity contribution in [2.45, 2.75) is 32.2 Å². The van der Waals surface area contributed by atoms with E-state index in [1.165, 1.54) is 19.3 Å². The molecule has 1 fully saturated rings. The number of nitrogens with zero attached hydrogens (tertiary/aromatic N) is 3. The SMILES string of the molecule is CNCC1CCCCN1c1nc(C)ccc1C#N. The first kappa shape index (κ1) is 12.8. The van der Waals surface area contributed by atoms with Crippen molar-refractivity contribution in [3.8, 4) is 6.07 Å². The molecule has 96 valence electrons. The van der Waals surface area contributed by atoms with Gasteiger partial charge in [-0.2, -0.15) is 5.26 Å². The fourth-order valence-corrected chi connectivity index (χ4v) is 2.58. The Labute approximate surface area is 109 Å². The molecule has 0 saturated carbocycles. The van der Waals surface area contributed by atoms with Crippen LogP contribution in [0.5, 0.6) is 0 Å². The highest BCUT2D eigenvalue weighted by atomic mass is 15.2. The van der Waals surface area contributed by atoms with E-state index in [0.29, 0.717) is 11.6 Å². The Kier molecular flexibility index (Phi) is 4.16. The average Bonchev–Trinajstić information content (AvgIpc) is 2.40. The van der Waals surface area contributed by atoms with E-state index >= 15 is 0 Å². The number of hydrogen-bond acceptors (Lipinski definition) is 4. The summed E-state index contributed by atoms with van der Waals surface area (Å²) in [5, 5.41) is 12.5. The molecule has 1 atom stereocenters. The van der Waals surface area contributed by atoms with Crippen LogP contribution in [0.15, 0.2) is 12.1 Å². The van der Waals surface area contributed by atoms with Crippen LogP contribution >= 0.6 is 0 Å². The maximum atomic E-state index is 9.22. The first-order valence-corrected chi connectivity index (χ1v) is 6.55. The van der Waals surface area contributed by atoms with Crippen LogP contribution in [0.2, 0.25) is 0 Å². The summed E-state index contributed by atoms with van der Waals surface area (Å²) in [7, 11) is 1.97. The Balaban J connectivity index is 2.33. The van der Waals surface area contributed by atoms with E-state index in [1.807, 2.05) is 26.1 Å². The van der Waals surface area contributed by atoms with Crippen LogP contribution in [-0.4, -0.2) is 31.2 Å². The van der Waals surface area contributed by atoms with Crippen LogP contribution in [0.1, 0.15) is 30.5 Å². The number of rotatable bonds is 3. The van der Waals surface area contributed by atoms with Gasteiger partial charge in [0.2, 0.25) is 0 Å². The van der Waals surface area contributed by atoms with Crippen LogP contribution in [0.25, 0.3) is 0 Å². The molecule has 0 spiro atoms. The van der Waals surface area contributed by atoms with E-state index in [9.17, 15) is 5.26 Å². The maximum absolute atomic E-state index is 9.22. The second-order valence-corrected chi connectivity index (χ2v) is 4.84. The zero-order valence-electron chi connectivity index (χ0n) is 11.1. The molecule has 0 aromatic carbocycles. The molecule has 1 aromatic heterocycles. The molecular weight excluding hydrogens is 224 g/mol. The van der Waals surface area contributed by atoms with Gasteiger partial charge in [-0.3, -0.25) is 0 Å². The largest absolute Gasteiger partial charge is 0.351 e. The van der Waals surface area contributed by atoms with Crippen molar-refractivity contribution in [1.82, 2.24) is 10.3 Å². The summed E-state index contributed by atoms with van der Waals surface area (Å²) < 4.78 is 0. The fraction of sp³-hybridized carbons (Fsp3) is 0.571. The monoisotopic (exact) mass is 244 g/mol. The smallest absolute Gasteiger partial charge is 0.147 e. The fourth-order valence-electron chi connectivity index (χ4n) is 2.58. The summed E-state index contributed by atoms with van der Waals surface area (Å²) in [5.74, 6) is 0.859. The van der Waals surface area contributed by atoms with Crippen molar-refractivity contribution in [3.05, 3.63) is 23.4 Å². The molecule has 0 radical (unpaired) electrons. The molecule has 1 unspecified atom stereocenters. The van der Waals surface area contributed by atoms with Crippen molar-refractivity contribution in [3.63, 3.8) is 0 Å². The van der Waals surface area contributed by atoms with Gasteiger partial charge in [0.05, 0.1) is 5.56 Å². The summed E-state index contributed by atoms with van der Waals surface area (Å²) in [6.45, 7) is 3.92. The number of pyridine rings is 1. The Morgan fingerprint density at radius 3 is 3.06 bits per heavy atom. The first-order chi connectivity index (χ1) is 8.76. The minimum Gasteiger partial charge on any atom is -0.351 e. The molecule has 4 heteroatoms. The number of likely N-dealkylation sites (N-methyl/N-ethyl adjacent to an activating group) is 1. The van der Waals surface area contributed by atoms with Gasteiger partial charge < -0.3 is 10.2 Å². The zero-order chi connectivity index (χ0) is 13.0. The van der Waals surface area contributed by atoms with Gasteiger partial charge in [0, 0.05) is 24.8 Å². The lowest BCUT2D eigenvalue weighted by molar-refractivity contribution is 0.443. The molecule has 0 bridgehead atoms. The highest BCUT2D eigenvalue weighted by molar-refractivity contribution is 5.55. The molecule has 1 N–H and O–H groups in total. The third-order valence-corrected chi connectivity index (χ3v) is 3.47. The minimum absolute atomic E-state index is 0.449. The summed E-state index contributed by atoms with van der Waals surface area (Å²) >= 11 is 0. The highest BCUT2D eigenvalue weighted by Crippen LogP contribution is 2.26. The lowest BCUT2D eigenvalue weighted by Crippen LogP contribution is -2.45. The predicted molar refractivity (Wildman–Crippen MR) is 72.6 cm³/mol. The Bertz CT molecular complexity index is 448. The molecule has 2 heterocycles. The van der Waals surface area contributed by atoms with Gasteiger partial charge in [-0.1, -0.05) is 0 Å². The van der Waals surface area contributed by atoms with E-state index in [2.05, 4.69) is 21.3 Å². The van der Waals surface area contributed by atoms with Crippen molar-refractivity contribution in [2.24, 2.45) is 0 Å². The number of nitrogens with one attached hydrogen (secondary N) is 1. The number of aryl methyl sites for hydroxylation is 1. The summed E-state index contributed by atoms with van der Waals surface area (Å²) in [4.78, 5) is 6.87. The number of anilines is 1. The number of nitriles is 1. The van der Waals surface area contributed by atoms with Gasteiger partial charge in [-0.25, -0.2) is 4.98 Å². The summed E-state index contributed by atoms with van der Waals surface area (Å²) in [6.07, 6.45) is 3.61. The molecule has 18 heavy (non-hydrogen) atoms. The Morgan fingerprint density at radius 2 is 2.33 bits per heavy atom. The topological polar surface area (TPSA) is 52.0 Å². The van der Waals surface area contributed by atoms with Gasteiger partial charge in [0.1, 0.15) is 11.9 Å². The lowest BCUT2D eigenvalue weighted by Gasteiger charge is -2.37. The van der Waals surface area contributed by atoms with Crippen molar-refractivity contribution < 1.29 is 0 Å². The lowest BCUT2D eigenvalue weighted by atomic mass is 10.0. The van der Waals surface area contributed by atoms with Crippen molar-refractivity contribution in [2.75, 3.05) is 25.0 Å². The average molecular weight is 244 g/mol. The van der Waals surface area contributed by atoms with Crippen molar-refractivity contribution in [1.29, 1.82) is 5.26 Å². The number of aromatic nitrogens is 1. The van der Waals surface area contributed by atoms with E-state index in [-0.39, 0.29) is 0 Å². The third-order valence-electron chi connectivity index (χ3n) is 3.47. The standard InChI is InChI=1S/C14H20N4/c1-11-6-7-12(9-15)14(17-11)18-8-4-3-5-13(18)10-16-2/h6-7,13,16H,3-5,8,10H2,1-2H3. The van der Waals surface area contributed by atoms with E-state index < -0.39 is 0 Å². The van der Waals surface area contributed by atoms with Gasteiger partial charge in [0.25, 0.3) is 0 Å².